The predicted molar refractivity (Wildman–Crippen MR) is 83.1 cm³/mol. The van der Waals surface area contributed by atoms with E-state index in [-0.39, 0.29) is 6.03 Å². The summed E-state index contributed by atoms with van der Waals surface area (Å²) in [4.78, 5) is 11.6. The van der Waals surface area contributed by atoms with Gasteiger partial charge in [-0.05, 0) is 31.9 Å². The third-order valence-corrected chi connectivity index (χ3v) is 3.54. The highest BCUT2D eigenvalue weighted by Gasteiger charge is 2.06. The summed E-state index contributed by atoms with van der Waals surface area (Å²) in [5.74, 6) is 0.874. The summed E-state index contributed by atoms with van der Waals surface area (Å²) in [5, 5.41) is 14.3. The van der Waals surface area contributed by atoms with Gasteiger partial charge in [-0.25, -0.2) is 4.79 Å². The van der Waals surface area contributed by atoms with E-state index in [1.807, 2.05) is 39.0 Å². The van der Waals surface area contributed by atoms with Gasteiger partial charge in [0.15, 0.2) is 0 Å². The van der Waals surface area contributed by atoms with Crippen LogP contribution < -0.4 is 15.4 Å². The second-order valence-corrected chi connectivity index (χ2v) is 5.76. The lowest BCUT2D eigenvalue weighted by molar-refractivity contribution is 0.247. The molecule has 6 nitrogen and oxygen atoms in total. The SMILES string of the molecule is Cc1nnc(NC(=O)NCCOc2c(C)cccc2C)s1. The molecule has 1 heterocycles. The van der Waals surface area contributed by atoms with Gasteiger partial charge in [-0.1, -0.05) is 29.5 Å². The zero-order valence-electron chi connectivity index (χ0n) is 12.3. The summed E-state index contributed by atoms with van der Waals surface area (Å²) in [7, 11) is 0. The topological polar surface area (TPSA) is 76.1 Å². The summed E-state index contributed by atoms with van der Waals surface area (Å²) < 4.78 is 5.70. The van der Waals surface area contributed by atoms with Crippen LogP contribution in [0.2, 0.25) is 0 Å². The number of benzene rings is 1. The van der Waals surface area contributed by atoms with Crippen molar-refractivity contribution in [3.63, 3.8) is 0 Å². The van der Waals surface area contributed by atoms with Gasteiger partial charge in [-0.3, -0.25) is 5.32 Å². The monoisotopic (exact) mass is 306 g/mol. The molecule has 7 heteroatoms. The molecule has 0 aliphatic heterocycles. The van der Waals surface area contributed by atoms with Crippen molar-refractivity contribution < 1.29 is 9.53 Å². The summed E-state index contributed by atoms with van der Waals surface area (Å²) >= 11 is 1.33. The highest BCUT2D eigenvalue weighted by atomic mass is 32.1. The molecule has 0 unspecified atom stereocenters. The van der Waals surface area contributed by atoms with Crippen molar-refractivity contribution in [1.29, 1.82) is 0 Å². The fourth-order valence-corrected chi connectivity index (χ4v) is 2.42. The molecule has 21 heavy (non-hydrogen) atoms. The van der Waals surface area contributed by atoms with Crippen LogP contribution in [-0.4, -0.2) is 29.4 Å². The number of aromatic nitrogens is 2. The van der Waals surface area contributed by atoms with E-state index >= 15 is 0 Å². The number of urea groups is 1. The molecule has 2 rings (SSSR count). The standard InChI is InChI=1S/C14H18N4O2S/c1-9-5-4-6-10(2)12(9)20-8-7-15-13(19)16-14-18-17-11(3)21-14/h4-6H,7-8H2,1-3H3,(H2,15,16,18,19). The number of anilines is 1. The summed E-state index contributed by atoms with van der Waals surface area (Å²) in [6.45, 7) is 6.66. The smallest absolute Gasteiger partial charge is 0.321 e. The number of carbonyl (C=O) groups excluding carboxylic acids is 1. The fourth-order valence-electron chi connectivity index (χ4n) is 1.83. The van der Waals surface area contributed by atoms with Crippen LogP contribution in [0.5, 0.6) is 5.75 Å². The lowest BCUT2D eigenvalue weighted by atomic mass is 10.1. The van der Waals surface area contributed by atoms with Crippen LogP contribution in [0.4, 0.5) is 9.93 Å². The largest absolute Gasteiger partial charge is 0.491 e. The van der Waals surface area contributed by atoms with E-state index in [0.29, 0.717) is 18.3 Å². The molecule has 0 aliphatic carbocycles. The number of rotatable bonds is 5. The Balaban J connectivity index is 1.73. The number of aryl methyl sites for hydroxylation is 3. The van der Waals surface area contributed by atoms with E-state index < -0.39 is 0 Å². The number of nitrogens with zero attached hydrogens (tertiary/aromatic N) is 2. The van der Waals surface area contributed by atoms with E-state index in [4.69, 9.17) is 4.74 Å². The Morgan fingerprint density at radius 3 is 2.57 bits per heavy atom. The maximum Gasteiger partial charge on any atom is 0.321 e. The van der Waals surface area contributed by atoms with Crippen molar-refractivity contribution in [2.45, 2.75) is 20.8 Å². The Bertz CT molecular complexity index is 607. The van der Waals surface area contributed by atoms with Gasteiger partial charge in [0.2, 0.25) is 5.13 Å². The number of nitrogens with one attached hydrogen (secondary N) is 2. The van der Waals surface area contributed by atoms with E-state index in [0.717, 1.165) is 21.9 Å². The fraction of sp³-hybridized carbons (Fsp3) is 0.357. The van der Waals surface area contributed by atoms with Crippen molar-refractivity contribution in [2.24, 2.45) is 0 Å². The van der Waals surface area contributed by atoms with E-state index in [1.54, 1.807) is 0 Å². The highest BCUT2D eigenvalue weighted by molar-refractivity contribution is 7.15. The van der Waals surface area contributed by atoms with Crippen molar-refractivity contribution in [3.8, 4) is 5.75 Å². The van der Waals surface area contributed by atoms with E-state index in [2.05, 4.69) is 20.8 Å². The molecule has 1 aromatic carbocycles. The summed E-state index contributed by atoms with van der Waals surface area (Å²) in [5.41, 5.74) is 2.17. The second-order valence-electron chi connectivity index (χ2n) is 4.58. The van der Waals surface area contributed by atoms with Crippen LogP contribution in [0, 0.1) is 20.8 Å². The third kappa shape index (κ3) is 4.42. The Kier molecular flexibility index (Phi) is 5.10. The molecule has 0 saturated heterocycles. The van der Waals surface area contributed by atoms with Gasteiger partial charge in [0, 0.05) is 0 Å². The number of amides is 2. The first-order valence-corrected chi connectivity index (χ1v) is 7.42. The minimum Gasteiger partial charge on any atom is -0.491 e. The normalized spacial score (nSPS) is 10.2. The average molecular weight is 306 g/mol. The Morgan fingerprint density at radius 1 is 1.24 bits per heavy atom. The number of para-hydroxylation sites is 1. The van der Waals surface area contributed by atoms with Gasteiger partial charge in [0.05, 0.1) is 6.54 Å². The third-order valence-electron chi connectivity index (χ3n) is 2.79. The average Bonchev–Trinajstić information content (AvgIpc) is 2.82. The molecule has 0 bridgehead atoms. The van der Waals surface area contributed by atoms with Gasteiger partial charge < -0.3 is 10.1 Å². The minimum atomic E-state index is -0.309. The van der Waals surface area contributed by atoms with Gasteiger partial charge in [0.1, 0.15) is 17.4 Å². The zero-order chi connectivity index (χ0) is 15.2. The quantitative estimate of drug-likeness (QED) is 0.833. The molecule has 0 saturated carbocycles. The number of carbonyl (C=O) groups is 1. The molecular formula is C14H18N4O2S. The van der Waals surface area contributed by atoms with E-state index in [1.165, 1.54) is 11.3 Å². The lowest BCUT2D eigenvalue weighted by Gasteiger charge is -2.12. The Morgan fingerprint density at radius 2 is 1.95 bits per heavy atom. The van der Waals surface area contributed by atoms with Crippen LogP contribution in [0.15, 0.2) is 18.2 Å². The van der Waals surface area contributed by atoms with Crippen LogP contribution in [0.25, 0.3) is 0 Å². The van der Waals surface area contributed by atoms with Gasteiger partial charge in [0.25, 0.3) is 0 Å². The van der Waals surface area contributed by atoms with Gasteiger partial charge in [-0.15, -0.1) is 10.2 Å². The summed E-state index contributed by atoms with van der Waals surface area (Å²) in [6.07, 6.45) is 0. The van der Waals surface area contributed by atoms with Gasteiger partial charge in [-0.2, -0.15) is 0 Å². The molecule has 2 N–H and O–H groups in total. The molecule has 112 valence electrons. The van der Waals surface area contributed by atoms with Crippen LogP contribution in [-0.2, 0) is 0 Å². The maximum absolute atomic E-state index is 11.6. The second kappa shape index (κ2) is 7.03. The van der Waals surface area contributed by atoms with Gasteiger partial charge >= 0.3 is 6.03 Å². The minimum absolute atomic E-state index is 0.309. The van der Waals surface area contributed by atoms with Crippen molar-refractivity contribution in [1.82, 2.24) is 15.5 Å². The number of ether oxygens (including phenoxy) is 1. The van der Waals surface area contributed by atoms with E-state index in [9.17, 15) is 4.79 Å². The molecule has 0 atom stereocenters. The van der Waals surface area contributed by atoms with Crippen LogP contribution in [0.1, 0.15) is 16.1 Å². The maximum atomic E-state index is 11.6. The molecule has 2 amide bonds. The Labute approximate surface area is 127 Å². The first kappa shape index (κ1) is 15.2. The van der Waals surface area contributed by atoms with Crippen LogP contribution >= 0.6 is 11.3 Å². The predicted octanol–water partition coefficient (Wildman–Crippen LogP) is 2.66. The first-order valence-electron chi connectivity index (χ1n) is 6.60. The van der Waals surface area contributed by atoms with Crippen molar-refractivity contribution in [3.05, 3.63) is 34.3 Å². The van der Waals surface area contributed by atoms with Crippen molar-refractivity contribution in [2.75, 3.05) is 18.5 Å². The molecule has 0 radical (unpaired) electrons. The van der Waals surface area contributed by atoms with Crippen LogP contribution in [0.3, 0.4) is 0 Å². The lowest BCUT2D eigenvalue weighted by Crippen LogP contribution is -2.32. The zero-order valence-corrected chi connectivity index (χ0v) is 13.1. The molecule has 1 aromatic heterocycles. The molecule has 0 aliphatic rings. The summed E-state index contributed by atoms with van der Waals surface area (Å²) in [6, 6.07) is 5.68. The van der Waals surface area contributed by atoms with Crippen molar-refractivity contribution >= 4 is 22.5 Å². The molecule has 0 fully saturated rings. The number of hydrogen-bond acceptors (Lipinski definition) is 5. The Hall–Kier alpha value is -2.15. The molecule has 0 spiro atoms. The highest BCUT2D eigenvalue weighted by Crippen LogP contribution is 2.21. The molecular weight excluding hydrogens is 288 g/mol. The first-order chi connectivity index (χ1) is 10.1. The molecule has 2 aromatic rings. The number of hydrogen-bond donors (Lipinski definition) is 2.